The molecule has 3 rings (SSSR count). The van der Waals surface area contributed by atoms with Crippen molar-refractivity contribution in [1.29, 1.82) is 0 Å². The summed E-state index contributed by atoms with van der Waals surface area (Å²) >= 11 is 1.69. The first kappa shape index (κ1) is 21.4. The van der Waals surface area contributed by atoms with Crippen LogP contribution in [0.25, 0.3) is 0 Å². The molecule has 3 amide bonds. The van der Waals surface area contributed by atoms with Crippen LogP contribution in [0.4, 0.5) is 0 Å². The van der Waals surface area contributed by atoms with E-state index in [1.165, 1.54) is 0 Å². The number of unbranched alkanes of at least 4 members (excludes halogenated alkanes) is 2. The number of thioether (sulfide) groups is 1. The molecule has 0 aromatic carbocycles. The molecule has 2 bridgehead atoms. The molecule has 2 unspecified atom stereocenters. The summed E-state index contributed by atoms with van der Waals surface area (Å²) in [4.78, 5) is 41.2. The third-order valence-electron chi connectivity index (χ3n) is 6.54. The van der Waals surface area contributed by atoms with Crippen LogP contribution in [0.2, 0.25) is 0 Å². The Morgan fingerprint density at radius 2 is 1.96 bits per heavy atom. The maximum atomic E-state index is 13.5. The molecule has 3 saturated heterocycles. The first-order valence-corrected chi connectivity index (χ1v) is 11.2. The standard InChI is InChI=1S/C20H33N3O4S/c1-12(2)22-17(26)15-20-9-8-19(3,28-20)13(16(25)21-4)14(20)18(27)23(15)10-6-5-7-11-24/h12-15,24H,5-11H2,1-4H3,(H,21,25)(H,22,26)/t13-,14-,15?,19+,20?/m0/s1. The van der Waals surface area contributed by atoms with Crippen LogP contribution in [-0.4, -0.2) is 69.5 Å². The smallest absolute Gasteiger partial charge is 0.244 e. The fourth-order valence-electron chi connectivity index (χ4n) is 5.46. The summed E-state index contributed by atoms with van der Waals surface area (Å²) in [7, 11) is 1.62. The summed E-state index contributed by atoms with van der Waals surface area (Å²) in [5, 5.41) is 14.8. The van der Waals surface area contributed by atoms with Gasteiger partial charge in [0.2, 0.25) is 17.7 Å². The molecule has 7 nitrogen and oxygen atoms in total. The molecule has 3 aliphatic heterocycles. The van der Waals surface area contributed by atoms with Gasteiger partial charge in [-0.05, 0) is 52.9 Å². The molecule has 28 heavy (non-hydrogen) atoms. The maximum Gasteiger partial charge on any atom is 0.244 e. The zero-order valence-corrected chi connectivity index (χ0v) is 18.1. The Labute approximate surface area is 171 Å². The summed E-state index contributed by atoms with van der Waals surface area (Å²) in [6.45, 7) is 6.53. The molecule has 3 fully saturated rings. The van der Waals surface area contributed by atoms with E-state index in [0.717, 1.165) is 25.7 Å². The normalized spacial score (nSPS) is 36.1. The van der Waals surface area contributed by atoms with E-state index in [1.807, 2.05) is 13.8 Å². The van der Waals surface area contributed by atoms with Gasteiger partial charge < -0.3 is 20.6 Å². The van der Waals surface area contributed by atoms with E-state index in [4.69, 9.17) is 5.11 Å². The second-order valence-electron chi connectivity index (χ2n) is 8.82. The SMILES string of the molecule is CNC(=O)[C@@H]1[C@H]2C(=O)N(CCCCCO)C(C(=O)NC(C)C)C23CC[C@@]1(C)S3. The van der Waals surface area contributed by atoms with Crippen molar-refractivity contribution in [2.75, 3.05) is 20.2 Å². The number of aliphatic hydroxyl groups is 1. The zero-order valence-electron chi connectivity index (χ0n) is 17.3. The predicted molar refractivity (Wildman–Crippen MR) is 109 cm³/mol. The van der Waals surface area contributed by atoms with Crippen molar-refractivity contribution in [2.45, 2.75) is 74.5 Å². The van der Waals surface area contributed by atoms with Crippen LogP contribution < -0.4 is 10.6 Å². The van der Waals surface area contributed by atoms with Crippen LogP contribution in [0.5, 0.6) is 0 Å². The third kappa shape index (κ3) is 3.22. The third-order valence-corrected chi connectivity index (χ3v) is 8.53. The van der Waals surface area contributed by atoms with E-state index >= 15 is 0 Å². The van der Waals surface area contributed by atoms with E-state index in [1.54, 1.807) is 23.7 Å². The maximum absolute atomic E-state index is 13.5. The molecule has 3 N–H and O–H groups in total. The molecular weight excluding hydrogens is 378 g/mol. The molecule has 0 aromatic heterocycles. The average molecular weight is 412 g/mol. The van der Waals surface area contributed by atoms with Gasteiger partial charge in [0.25, 0.3) is 0 Å². The zero-order chi connectivity index (χ0) is 20.7. The van der Waals surface area contributed by atoms with Crippen LogP contribution in [0.1, 0.15) is 52.9 Å². The molecule has 3 heterocycles. The lowest BCUT2D eigenvalue weighted by atomic mass is 9.66. The summed E-state index contributed by atoms with van der Waals surface area (Å²) in [6.07, 6.45) is 3.85. The topological polar surface area (TPSA) is 98.7 Å². The van der Waals surface area contributed by atoms with Crippen molar-refractivity contribution in [3.63, 3.8) is 0 Å². The van der Waals surface area contributed by atoms with Gasteiger partial charge in [-0.2, -0.15) is 0 Å². The van der Waals surface area contributed by atoms with Crippen molar-refractivity contribution >= 4 is 29.5 Å². The summed E-state index contributed by atoms with van der Waals surface area (Å²) in [6, 6.07) is -0.550. The monoisotopic (exact) mass is 411 g/mol. The van der Waals surface area contributed by atoms with Crippen molar-refractivity contribution in [3.05, 3.63) is 0 Å². The molecular formula is C20H33N3O4S. The Morgan fingerprint density at radius 3 is 2.57 bits per heavy atom. The minimum absolute atomic E-state index is 0.0109. The second kappa shape index (κ2) is 7.86. The van der Waals surface area contributed by atoms with Crippen molar-refractivity contribution in [2.24, 2.45) is 11.8 Å². The van der Waals surface area contributed by atoms with Gasteiger partial charge in [0, 0.05) is 31.0 Å². The first-order valence-electron chi connectivity index (χ1n) is 10.4. The number of carbonyl (C=O) groups excluding carboxylic acids is 3. The highest BCUT2D eigenvalue weighted by molar-refractivity contribution is 8.02. The molecule has 0 radical (unpaired) electrons. The number of likely N-dealkylation sites (tertiary alicyclic amines) is 1. The molecule has 0 saturated carbocycles. The quantitative estimate of drug-likeness (QED) is 0.516. The Balaban J connectivity index is 1.95. The van der Waals surface area contributed by atoms with E-state index in [2.05, 4.69) is 17.6 Å². The van der Waals surface area contributed by atoms with Gasteiger partial charge in [-0.25, -0.2) is 0 Å². The minimum atomic E-state index is -0.539. The Hall–Kier alpha value is -1.28. The molecule has 158 valence electrons. The lowest BCUT2D eigenvalue weighted by Crippen LogP contribution is -2.55. The summed E-state index contributed by atoms with van der Waals surface area (Å²) in [5.74, 6) is -1.11. The van der Waals surface area contributed by atoms with E-state index in [-0.39, 0.29) is 35.1 Å². The molecule has 5 atom stereocenters. The van der Waals surface area contributed by atoms with Crippen molar-refractivity contribution < 1.29 is 19.5 Å². The summed E-state index contributed by atoms with van der Waals surface area (Å²) in [5.41, 5.74) is 0. The van der Waals surface area contributed by atoms with E-state index < -0.39 is 22.6 Å². The Kier molecular flexibility index (Phi) is 6.01. The minimum Gasteiger partial charge on any atom is -0.396 e. The van der Waals surface area contributed by atoms with Crippen molar-refractivity contribution in [3.8, 4) is 0 Å². The van der Waals surface area contributed by atoms with E-state index in [9.17, 15) is 14.4 Å². The number of amides is 3. The van der Waals surface area contributed by atoms with Gasteiger partial charge in [-0.15, -0.1) is 11.8 Å². The number of hydrogen-bond donors (Lipinski definition) is 3. The number of nitrogens with zero attached hydrogens (tertiary/aromatic N) is 1. The van der Waals surface area contributed by atoms with Crippen LogP contribution in [0, 0.1) is 11.8 Å². The lowest BCUT2D eigenvalue weighted by molar-refractivity contribution is -0.140. The molecule has 0 aliphatic carbocycles. The number of nitrogens with one attached hydrogen (secondary N) is 2. The first-order chi connectivity index (χ1) is 13.2. The van der Waals surface area contributed by atoms with Gasteiger partial charge in [-0.1, -0.05) is 0 Å². The molecule has 1 spiro atoms. The predicted octanol–water partition coefficient (Wildman–Crippen LogP) is 0.901. The number of fused-ring (bicyclic) bond motifs is 1. The van der Waals surface area contributed by atoms with Gasteiger partial charge in [0.15, 0.2) is 0 Å². The average Bonchev–Trinajstić information content (AvgIpc) is 3.19. The lowest BCUT2D eigenvalue weighted by Gasteiger charge is -2.35. The molecule has 0 aromatic rings. The van der Waals surface area contributed by atoms with Gasteiger partial charge in [0.05, 0.1) is 16.6 Å². The number of rotatable bonds is 8. The molecule has 8 heteroatoms. The Bertz CT molecular complexity index is 657. The Morgan fingerprint density at radius 1 is 1.25 bits per heavy atom. The van der Waals surface area contributed by atoms with Crippen LogP contribution in [0.3, 0.4) is 0 Å². The van der Waals surface area contributed by atoms with Gasteiger partial charge in [0.1, 0.15) is 6.04 Å². The highest BCUT2D eigenvalue weighted by Gasteiger charge is 2.76. The highest BCUT2D eigenvalue weighted by Crippen LogP contribution is 2.71. The highest BCUT2D eigenvalue weighted by atomic mass is 32.2. The van der Waals surface area contributed by atoms with Gasteiger partial charge >= 0.3 is 0 Å². The van der Waals surface area contributed by atoms with Crippen LogP contribution in [0.15, 0.2) is 0 Å². The molecule has 3 aliphatic rings. The fourth-order valence-corrected chi connectivity index (χ4v) is 7.81. The number of carbonyl (C=O) groups is 3. The number of hydrogen-bond acceptors (Lipinski definition) is 5. The largest absolute Gasteiger partial charge is 0.396 e. The van der Waals surface area contributed by atoms with Gasteiger partial charge in [-0.3, -0.25) is 14.4 Å². The van der Waals surface area contributed by atoms with E-state index in [0.29, 0.717) is 13.0 Å². The van der Waals surface area contributed by atoms with Crippen molar-refractivity contribution in [1.82, 2.24) is 15.5 Å². The van der Waals surface area contributed by atoms with Crippen LogP contribution in [-0.2, 0) is 14.4 Å². The van der Waals surface area contributed by atoms with Crippen LogP contribution >= 0.6 is 11.8 Å². The fraction of sp³-hybridized carbons (Fsp3) is 0.850. The second-order valence-corrected chi connectivity index (χ2v) is 10.7. The summed E-state index contributed by atoms with van der Waals surface area (Å²) < 4.78 is -0.835. The number of aliphatic hydroxyl groups excluding tert-OH is 1.